The molecular formula is C7H21ClGeO2Si2. The van der Waals surface area contributed by atoms with Gasteiger partial charge in [0.15, 0.2) is 0 Å². The Bertz CT molecular complexity index is 156. The topological polar surface area (TPSA) is 18.5 Å². The zero-order chi connectivity index (χ0) is 10.9. The summed E-state index contributed by atoms with van der Waals surface area (Å²) in [5.74, 6) is 1.97. The van der Waals surface area contributed by atoms with Crippen molar-refractivity contribution < 1.29 is 6.91 Å². The minimum atomic E-state index is -2.88. The van der Waals surface area contributed by atoms with Crippen LogP contribution in [0.4, 0.5) is 0 Å². The molecule has 0 atom stereocenters. The first-order chi connectivity index (χ1) is 5.41. The van der Waals surface area contributed by atoms with Gasteiger partial charge in [-0.3, -0.25) is 0 Å². The van der Waals surface area contributed by atoms with E-state index < -0.39 is 29.6 Å². The summed E-state index contributed by atoms with van der Waals surface area (Å²) in [6.07, 6.45) is 0. The van der Waals surface area contributed by atoms with Gasteiger partial charge in [-0.2, -0.15) is 0 Å². The van der Waals surface area contributed by atoms with Crippen molar-refractivity contribution in [1.29, 1.82) is 0 Å². The summed E-state index contributed by atoms with van der Waals surface area (Å²) in [6, 6.07) is 0. The molecule has 0 rings (SSSR count). The zero-order valence-electron chi connectivity index (χ0n) is 9.69. The second-order valence-corrected chi connectivity index (χ2v) is 23.8. The van der Waals surface area contributed by atoms with Crippen LogP contribution in [-0.4, -0.2) is 29.6 Å². The fraction of sp³-hybridized carbons (Fsp3) is 1.00. The average Bonchev–Trinajstić information content (AvgIpc) is 1.43. The van der Waals surface area contributed by atoms with Gasteiger partial charge in [-0.1, -0.05) is 0 Å². The van der Waals surface area contributed by atoms with Gasteiger partial charge in [0.1, 0.15) is 0 Å². The molecular weight excluding hydrogens is 280 g/mol. The van der Waals surface area contributed by atoms with Crippen LogP contribution in [0.1, 0.15) is 0 Å². The summed E-state index contributed by atoms with van der Waals surface area (Å²) >= 11 is -2.88. The molecule has 0 radical (unpaired) electrons. The van der Waals surface area contributed by atoms with Crippen LogP contribution < -0.4 is 0 Å². The van der Waals surface area contributed by atoms with Gasteiger partial charge in [0, 0.05) is 0 Å². The van der Waals surface area contributed by atoms with Gasteiger partial charge in [-0.15, -0.1) is 0 Å². The molecule has 0 unspecified atom stereocenters. The third-order valence-corrected chi connectivity index (χ3v) is 17.6. The van der Waals surface area contributed by atoms with Gasteiger partial charge in [-0.25, -0.2) is 0 Å². The SMILES string of the molecule is C[Si](C)(C)[O][Ge]([CH3])([Cl])[O][Si](C)(C)C. The second-order valence-electron chi connectivity index (χ2n) is 5.26. The molecule has 0 aliphatic rings. The zero-order valence-corrected chi connectivity index (χ0v) is 14.5. The third kappa shape index (κ3) is 9.49. The molecule has 0 saturated heterocycles. The molecule has 2 nitrogen and oxygen atoms in total. The van der Waals surface area contributed by atoms with Gasteiger partial charge in [0.2, 0.25) is 0 Å². The predicted molar refractivity (Wildman–Crippen MR) is 66.3 cm³/mol. The van der Waals surface area contributed by atoms with Crippen LogP contribution in [-0.2, 0) is 6.91 Å². The van der Waals surface area contributed by atoms with E-state index in [2.05, 4.69) is 39.3 Å². The second kappa shape index (κ2) is 4.36. The molecule has 0 bridgehead atoms. The van der Waals surface area contributed by atoms with Crippen molar-refractivity contribution in [3.8, 4) is 0 Å². The van der Waals surface area contributed by atoms with Crippen molar-refractivity contribution in [1.82, 2.24) is 0 Å². The molecule has 0 aromatic carbocycles. The van der Waals surface area contributed by atoms with Crippen molar-refractivity contribution in [3.05, 3.63) is 0 Å². The first-order valence-electron chi connectivity index (χ1n) is 4.51. The Kier molecular flexibility index (Phi) is 4.76. The number of rotatable bonds is 4. The van der Waals surface area contributed by atoms with Crippen LogP contribution in [0.15, 0.2) is 0 Å². The Morgan fingerprint density at radius 3 is 1.23 bits per heavy atom. The third-order valence-electron chi connectivity index (χ3n) is 0.977. The molecule has 0 amide bonds. The van der Waals surface area contributed by atoms with Gasteiger partial charge in [-0.05, 0) is 0 Å². The molecule has 80 valence electrons. The first kappa shape index (κ1) is 14.2. The molecule has 0 heterocycles. The summed E-state index contributed by atoms with van der Waals surface area (Å²) in [5, 5.41) is 0. The molecule has 13 heavy (non-hydrogen) atoms. The Morgan fingerprint density at radius 1 is 0.846 bits per heavy atom. The van der Waals surface area contributed by atoms with E-state index in [4.69, 9.17) is 16.9 Å². The molecule has 0 fully saturated rings. The van der Waals surface area contributed by atoms with Gasteiger partial charge in [0.05, 0.1) is 0 Å². The fourth-order valence-corrected chi connectivity index (χ4v) is 25.2. The van der Waals surface area contributed by atoms with Crippen molar-refractivity contribution >= 4 is 39.7 Å². The molecule has 6 heteroatoms. The molecule has 0 N–H and O–H groups in total. The van der Waals surface area contributed by atoms with E-state index in [-0.39, 0.29) is 0 Å². The minimum absolute atomic E-state index is 1.54. The average molecular weight is 301 g/mol. The van der Waals surface area contributed by atoms with E-state index in [1.807, 2.05) is 5.76 Å². The Hall–Kier alpha value is 1.19. The number of hydrogen-bond donors (Lipinski definition) is 0. The van der Waals surface area contributed by atoms with E-state index in [0.29, 0.717) is 0 Å². The van der Waals surface area contributed by atoms with Gasteiger partial charge in [0.25, 0.3) is 0 Å². The maximum atomic E-state index is 6.32. The van der Waals surface area contributed by atoms with E-state index in [1.54, 1.807) is 0 Å². The predicted octanol–water partition coefficient (Wildman–Crippen LogP) is 3.50. The number of halogens is 1. The Morgan fingerprint density at radius 2 is 1.08 bits per heavy atom. The summed E-state index contributed by atoms with van der Waals surface area (Å²) in [4.78, 5) is 0. The van der Waals surface area contributed by atoms with Crippen molar-refractivity contribution in [2.75, 3.05) is 0 Å². The van der Waals surface area contributed by atoms with E-state index >= 15 is 0 Å². The summed E-state index contributed by atoms with van der Waals surface area (Å²) in [5.41, 5.74) is 0. The summed E-state index contributed by atoms with van der Waals surface area (Å²) in [7, 11) is 3.23. The standard InChI is InChI=1S/C7H21ClGeO2Si2/c1-9(8,10-12(2,3)4)11-13(5,6)7/h1-7H3. The number of hydrogen-bond acceptors (Lipinski definition) is 2. The molecule has 0 aliphatic heterocycles. The van der Waals surface area contributed by atoms with Crippen LogP contribution in [0, 0.1) is 0 Å². The van der Waals surface area contributed by atoms with Crippen molar-refractivity contribution in [2.45, 2.75) is 45.0 Å². The molecule has 0 aromatic heterocycles. The summed E-state index contributed by atoms with van der Waals surface area (Å²) in [6.45, 7) is 12.9. The monoisotopic (exact) mass is 302 g/mol. The van der Waals surface area contributed by atoms with Crippen molar-refractivity contribution in [2.24, 2.45) is 0 Å². The quantitative estimate of drug-likeness (QED) is 0.740. The Balaban J connectivity index is 4.25. The molecule has 0 aliphatic carbocycles. The van der Waals surface area contributed by atoms with Crippen molar-refractivity contribution in [3.63, 3.8) is 0 Å². The fourth-order valence-electron chi connectivity index (χ4n) is 1.11. The Labute approximate surface area is 91.4 Å². The van der Waals surface area contributed by atoms with Gasteiger partial charge < -0.3 is 0 Å². The van der Waals surface area contributed by atoms with Gasteiger partial charge >= 0.3 is 91.6 Å². The maximum absolute atomic E-state index is 6.32. The molecule has 0 saturated carbocycles. The normalized spacial score (nSPS) is 14.8. The van der Waals surface area contributed by atoms with E-state index in [9.17, 15) is 0 Å². The first-order valence-corrected chi connectivity index (χ1v) is 17.9. The summed E-state index contributed by atoms with van der Waals surface area (Å²) < 4.78 is 11.8. The molecule has 0 aromatic rings. The van der Waals surface area contributed by atoms with Crippen LogP contribution in [0.5, 0.6) is 0 Å². The van der Waals surface area contributed by atoms with E-state index in [1.165, 1.54) is 0 Å². The van der Waals surface area contributed by atoms with Crippen LogP contribution in [0.3, 0.4) is 0 Å². The van der Waals surface area contributed by atoms with E-state index in [0.717, 1.165) is 0 Å². The molecule has 0 spiro atoms. The van der Waals surface area contributed by atoms with Crippen LogP contribution in [0.2, 0.25) is 45.0 Å². The van der Waals surface area contributed by atoms with Crippen LogP contribution >= 0.6 is 10.0 Å². The van der Waals surface area contributed by atoms with Crippen LogP contribution in [0.25, 0.3) is 0 Å².